The van der Waals surface area contributed by atoms with Crippen molar-refractivity contribution in [3.05, 3.63) is 39.0 Å². The summed E-state index contributed by atoms with van der Waals surface area (Å²) < 4.78 is 0. The highest BCUT2D eigenvalue weighted by Gasteiger charge is 2.22. The second kappa shape index (κ2) is 5.32. The fourth-order valence-electron chi connectivity index (χ4n) is 2.78. The van der Waals surface area contributed by atoms with Crippen LogP contribution in [0.4, 0.5) is 0 Å². The lowest BCUT2D eigenvalue weighted by atomic mass is 9.96. The second-order valence-corrected chi connectivity index (χ2v) is 5.81. The minimum Gasteiger partial charge on any atom is -0.299 e. The largest absolute Gasteiger partial charge is 0.299 e. The molecule has 0 saturated heterocycles. The minimum absolute atomic E-state index is 0.485. The summed E-state index contributed by atoms with van der Waals surface area (Å²) in [6.45, 7) is 4.80. The van der Waals surface area contributed by atoms with Crippen molar-refractivity contribution in [1.82, 2.24) is 9.88 Å². The molecule has 5 heteroatoms. The molecule has 1 aromatic heterocycles. The summed E-state index contributed by atoms with van der Waals surface area (Å²) in [6, 6.07) is 3.43. The van der Waals surface area contributed by atoms with Crippen molar-refractivity contribution in [2.75, 3.05) is 13.1 Å². The highest BCUT2D eigenvalue weighted by atomic mass is 35.5. The molecule has 104 valence electrons. The van der Waals surface area contributed by atoms with Gasteiger partial charge in [0.05, 0.1) is 10.5 Å². The van der Waals surface area contributed by atoms with Gasteiger partial charge in [-0.3, -0.25) is 14.7 Å². The zero-order chi connectivity index (χ0) is 14.3. The van der Waals surface area contributed by atoms with Crippen LogP contribution in [0.2, 0.25) is 10.0 Å². The van der Waals surface area contributed by atoms with Crippen LogP contribution in [0.1, 0.15) is 28.5 Å². The maximum atomic E-state index is 11.6. The Morgan fingerprint density at radius 1 is 1.40 bits per heavy atom. The Morgan fingerprint density at radius 3 is 2.90 bits per heavy atom. The van der Waals surface area contributed by atoms with E-state index in [4.69, 9.17) is 23.2 Å². The number of benzene rings is 1. The van der Waals surface area contributed by atoms with Gasteiger partial charge in [0.15, 0.2) is 6.29 Å². The molecular formula is C15H14Cl2N2O. The smallest absolute Gasteiger partial charge is 0.151 e. The van der Waals surface area contributed by atoms with Crippen LogP contribution in [-0.4, -0.2) is 29.3 Å². The van der Waals surface area contributed by atoms with Crippen LogP contribution in [0.15, 0.2) is 12.1 Å². The molecule has 0 radical (unpaired) electrons. The van der Waals surface area contributed by atoms with Crippen molar-refractivity contribution in [2.45, 2.75) is 19.9 Å². The number of carbonyl (C=O) groups excluding carboxylic acids is 1. The highest BCUT2D eigenvalue weighted by molar-refractivity contribution is 6.39. The fraction of sp³-hybridized carbons (Fsp3) is 0.333. The molecule has 0 fully saturated rings. The standard InChI is InChI=1S/C15H14Cl2N2O/c1-2-19-4-3-13-10(7-19)11(8-20)15-12(17)5-9(16)6-14(15)18-13/h5-6,8H,2-4,7H2,1H3. The van der Waals surface area contributed by atoms with Crippen molar-refractivity contribution in [3.63, 3.8) is 0 Å². The zero-order valence-corrected chi connectivity index (χ0v) is 12.6. The lowest BCUT2D eigenvalue weighted by Crippen LogP contribution is -2.31. The van der Waals surface area contributed by atoms with Gasteiger partial charge in [0.25, 0.3) is 0 Å². The molecule has 0 unspecified atom stereocenters. The van der Waals surface area contributed by atoms with Gasteiger partial charge in [0.1, 0.15) is 0 Å². The number of aldehydes is 1. The number of pyridine rings is 1. The SMILES string of the molecule is CCN1CCc2nc3cc(Cl)cc(Cl)c3c(C=O)c2C1. The first kappa shape index (κ1) is 13.8. The summed E-state index contributed by atoms with van der Waals surface area (Å²) in [6.07, 6.45) is 1.74. The minimum atomic E-state index is 0.485. The number of halogens is 2. The summed E-state index contributed by atoms with van der Waals surface area (Å²) in [5.41, 5.74) is 3.35. The van der Waals surface area contributed by atoms with E-state index in [1.807, 2.05) is 0 Å². The monoisotopic (exact) mass is 308 g/mol. The van der Waals surface area contributed by atoms with Crippen LogP contribution in [0.25, 0.3) is 10.9 Å². The van der Waals surface area contributed by atoms with E-state index >= 15 is 0 Å². The molecule has 0 bridgehead atoms. The molecule has 20 heavy (non-hydrogen) atoms. The summed E-state index contributed by atoms with van der Waals surface area (Å²) in [7, 11) is 0. The van der Waals surface area contributed by atoms with Gasteiger partial charge in [-0.05, 0) is 24.2 Å². The van der Waals surface area contributed by atoms with Crippen LogP contribution < -0.4 is 0 Å². The fourth-order valence-corrected chi connectivity index (χ4v) is 3.37. The number of hydrogen-bond acceptors (Lipinski definition) is 3. The Bertz CT molecular complexity index is 700. The van der Waals surface area contributed by atoms with E-state index in [0.29, 0.717) is 26.5 Å². The highest BCUT2D eigenvalue weighted by Crippen LogP contribution is 2.33. The summed E-state index contributed by atoms with van der Waals surface area (Å²) in [4.78, 5) is 18.5. The average Bonchev–Trinajstić information content (AvgIpc) is 2.44. The van der Waals surface area contributed by atoms with E-state index < -0.39 is 0 Å². The van der Waals surface area contributed by atoms with Gasteiger partial charge >= 0.3 is 0 Å². The van der Waals surface area contributed by atoms with Crippen LogP contribution in [-0.2, 0) is 13.0 Å². The predicted molar refractivity (Wildman–Crippen MR) is 81.8 cm³/mol. The first-order chi connectivity index (χ1) is 9.63. The Kier molecular flexibility index (Phi) is 3.67. The van der Waals surface area contributed by atoms with Crippen molar-refractivity contribution in [3.8, 4) is 0 Å². The van der Waals surface area contributed by atoms with Crippen LogP contribution in [0, 0.1) is 0 Å². The third kappa shape index (κ3) is 2.20. The molecule has 0 saturated carbocycles. The Balaban J connectivity index is 2.31. The van der Waals surface area contributed by atoms with Crippen molar-refractivity contribution in [1.29, 1.82) is 0 Å². The van der Waals surface area contributed by atoms with Gasteiger partial charge < -0.3 is 0 Å². The number of carbonyl (C=O) groups is 1. The first-order valence-electron chi connectivity index (χ1n) is 6.62. The molecule has 2 heterocycles. The van der Waals surface area contributed by atoms with E-state index in [1.165, 1.54) is 0 Å². The number of hydrogen-bond donors (Lipinski definition) is 0. The van der Waals surface area contributed by atoms with Crippen molar-refractivity contribution < 1.29 is 4.79 Å². The molecule has 1 aromatic carbocycles. The van der Waals surface area contributed by atoms with E-state index in [9.17, 15) is 4.79 Å². The molecule has 3 nitrogen and oxygen atoms in total. The number of fused-ring (bicyclic) bond motifs is 2. The van der Waals surface area contributed by atoms with E-state index in [1.54, 1.807) is 12.1 Å². The Labute approximate surface area is 127 Å². The van der Waals surface area contributed by atoms with Crippen LogP contribution >= 0.6 is 23.2 Å². The maximum Gasteiger partial charge on any atom is 0.151 e. The molecule has 3 rings (SSSR count). The van der Waals surface area contributed by atoms with Gasteiger partial charge in [-0.2, -0.15) is 0 Å². The molecule has 1 aliphatic heterocycles. The molecule has 2 aromatic rings. The predicted octanol–water partition coefficient (Wildman–Crippen LogP) is 3.73. The van der Waals surface area contributed by atoms with Gasteiger partial charge in [-0.25, -0.2) is 0 Å². The normalized spacial score (nSPS) is 15.3. The molecule has 0 N–H and O–H groups in total. The topological polar surface area (TPSA) is 33.2 Å². The zero-order valence-electron chi connectivity index (χ0n) is 11.1. The van der Waals surface area contributed by atoms with E-state index in [-0.39, 0.29) is 0 Å². The molecule has 0 atom stereocenters. The van der Waals surface area contributed by atoms with E-state index in [0.717, 1.165) is 43.6 Å². The Morgan fingerprint density at radius 2 is 2.20 bits per heavy atom. The lowest BCUT2D eigenvalue weighted by Gasteiger charge is -2.28. The van der Waals surface area contributed by atoms with Gasteiger partial charge in [0.2, 0.25) is 0 Å². The van der Waals surface area contributed by atoms with Gasteiger partial charge in [-0.1, -0.05) is 30.1 Å². The van der Waals surface area contributed by atoms with Crippen LogP contribution in [0.3, 0.4) is 0 Å². The number of likely N-dealkylation sites (N-methyl/N-ethyl adjacent to an activating group) is 1. The third-order valence-electron chi connectivity index (χ3n) is 3.84. The quantitative estimate of drug-likeness (QED) is 0.793. The van der Waals surface area contributed by atoms with Crippen molar-refractivity contribution >= 4 is 40.4 Å². The lowest BCUT2D eigenvalue weighted by molar-refractivity contribution is 0.112. The molecular weight excluding hydrogens is 295 g/mol. The molecule has 1 aliphatic rings. The number of aromatic nitrogens is 1. The third-order valence-corrected chi connectivity index (χ3v) is 4.36. The average molecular weight is 309 g/mol. The summed E-state index contributed by atoms with van der Waals surface area (Å²) in [5.74, 6) is 0. The van der Waals surface area contributed by atoms with E-state index in [2.05, 4.69) is 16.8 Å². The summed E-state index contributed by atoms with van der Waals surface area (Å²) >= 11 is 12.3. The molecule has 0 amide bonds. The van der Waals surface area contributed by atoms with Gasteiger partial charge in [-0.15, -0.1) is 0 Å². The molecule has 0 spiro atoms. The summed E-state index contributed by atoms with van der Waals surface area (Å²) in [5, 5.41) is 1.74. The second-order valence-electron chi connectivity index (χ2n) is 4.97. The maximum absolute atomic E-state index is 11.6. The number of nitrogens with zero attached hydrogens (tertiary/aromatic N) is 2. The number of rotatable bonds is 2. The molecule has 0 aliphatic carbocycles. The Hall–Kier alpha value is -1.16. The first-order valence-corrected chi connectivity index (χ1v) is 7.37. The van der Waals surface area contributed by atoms with Gasteiger partial charge in [0, 0.05) is 41.2 Å². The van der Waals surface area contributed by atoms with Crippen molar-refractivity contribution in [2.24, 2.45) is 0 Å². The van der Waals surface area contributed by atoms with Crippen LogP contribution in [0.5, 0.6) is 0 Å².